The molecule has 5 N–H and O–H groups in total. The number of hydrogen-bond acceptors (Lipinski definition) is 4. The Balaban J connectivity index is 4.88. The molecular formula is C14H28N3O3. The maximum Gasteiger partial charge on any atom is 0.269 e. The van der Waals surface area contributed by atoms with Crippen molar-refractivity contribution in [1.29, 1.82) is 0 Å². The average Bonchev–Trinajstić information content (AvgIpc) is 2.47. The Labute approximate surface area is 121 Å². The normalized spacial score (nSPS) is 13.6. The summed E-state index contributed by atoms with van der Waals surface area (Å²) in [5, 5.41) is 11.7. The van der Waals surface area contributed by atoms with Crippen molar-refractivity contribution < 1.29 is 14.8 Å². The molecule has 0 saturated carbocycles. The van der Waals surface area contributed by atoms with Gasteiger partial charge in [-0.2, -0.15) is 0 Å². The van der Waals surface area contributed by atoms with Gasteiger partial charge in [-0.05, 0) is 25.8 Å². The highest BCUT2D eigenvalue weighted by Crippen LogP contribution is 2.23. The van der Waals surface area contributed by atoms with E-state index in [1.54, 1.807) is 12.4 Å². The van der Waals surface area contributed by atoms with E-state index in [4.69, 9.17) is 10.9 Å². The summed E-state index contributed by atoms with van der Waals surface area (Å²) in [5.41, 5.74) is 6.09. The summed E-state index contributed by atoms with van der Waals surface area (Å²) < 4.78 is 0. The van der Waals surface area contributed by atoms with E-state index in [2.05, 4.69) is 12.2 Å². The lowest BCUT2D eigenvalue weighted by Gasteiger charge is -2.32. The van der Waals surface area contributed by atoms with E-state index >= 15 is 0 Å². The van der Waals surface area contributed by atoms with Crippen LogP contribution in [0.1, 0.15) is 58.3 Å². The van der Waals surface area contributed by atoms with Gasteiger partial charge in [-0.15, -0.1) is 0 Å². The molecule has 0 saturated heterocycles. The molecule has 0 aliphatic carbocycles. The van der Waals surface area contributed by atoms with Crippen LogP contribution in [0.15, 0.2) is 0 Å². The maximum absolute atomic E-state index is 12.0. The third kappa shape index (κ3) is 6.34. The molecule has 0 aromatic heterocycles. The molecule has 2 amide bonds. The van der Waals surface area contributed by atoms with Crippen LogP contribution < -0.4 is 16.5 Å². The number of carbonyl (C=O) groups excluding carboxylic acids is 2. The number of carbonyl (C=O) groups is 2. The van der Waals surface area contributed by atoms with E-state index in [0.29, 0.717) is 38.6 Å². The Kier molecular flexibility index (Phi) is 10.0. The second-order valence-electron chi connectivity index (χ2n) is 4.98. The van der Waals surface area contributed by atoms with Crippen molar-refractivity contribution in [3.05, 3.63) is 6.92 Å². The Bertz CT molecular complexity index is 297. The second-order valence-corrected chi connectivity index (χ2v) is 4.98. The lowest BCUT2D eigenvalue weighted by molar-refractivity contribution is -0.140. The van der Waals surface area contributed by atoms with Gasteiger partial charge in [0.05, 0.1) is 0 Å². The topological polar surface area (TPSA) is 104 Å². The smallest absolute Gasteiger partial charge is 0.269 e. The van der Waals surface area contributed by atoms with Gasteiger partial charge in [0.1, 0.15) is 5.54 Å². The summed E-state index contributed by atoms with van der Waals surface area (Å²) in [5.74, 6) is -0.753. The van der Waals surface area contributed by atoms with Crippen LogP contribution in [-0.2, 0) is 9.59 Å². The molecule has 1 unspecified atom stereocenters. The molecule has 6 nitrogen and oxygen atoms in total. The molecule has 1 atom stereocenters. The highest BCUT2D eigenvalue weighted by atomic mass is 16.5. The van der Waals surface area contributed by atoms with Crippen LogP contribution in [0.3, 0.4) is 0 Å². The molecule has 0 spiro atoms. The third-order valence-electron chi connectivity index (χ3n) is 3.40. The Morgan fingerprint density at radius 3 is 2.35 bits per heavy atom. The van der Waals surface area contributed by atoms with E-state index in [0.717, 1.165) is 19.3 Å². The molecule has 117 valence electrons. The minimum Gasteiger partial charge on any atom is -0.342 e. The number of nitrogens with one attached hydrogen (secondary N) is 2. The van der Waals surface area contributed by atoms with E-state index in [1.807, 2.05) is 0 Å². The lowest BCUT2D eigenvalue weighted by Crippen LogP contribution is -2.58. The summed E-state index contributed by atoms with van der Waals surface area (Å²) in [7, 11) is 0. The highest BCUT2D eigenvalue weighted by molar-refractivity contribution is 5.90. The number of hydroxylamine groups is 1. The van der Waals surface area contributed by atoms with Gasteiger partial charge < -0.3 is 11.1 Å². The zero-order valence-electron chi connectivity index (χ0n) is 12.4. The van der Waals surface area contributed by atoms with Gasteiger partial charge in [0, 0.05) is 6.42 Å². The molecule has 6 heteroatoms. The van der Waals surface area contributed by atoms with E-state index in [9.17, 15) is 9.59 Å². The van der Waals surface area contributed by atoms with Crippen molar-refractivity contribution in [3.8, 4) is 0 Å². The molecule has 0 heterocycles. The summed E-state index contributed by atoms with van der Waals surface area (Å²) in [6.07, 6.45) is 5.18. The molecular weight excluding hydrogens is 258 g/mol. The van der Waals surface area contributed by atoms with Gasteiger partial charge in [0.25, 0.3) is 5.91 Å². The van der Waals surface area contributed by atoms with Gasteiger partial charge in [-0.1, -0.05) is 39.5 Å². The van der Waals surface area contributed by atoms with Crippen molar-refractivity contribution in [2.75, 3.05) is 6.54 Å². The van der Waals surface area contributed by atoms with Crippen LogP contribution >= 0.6 is 0 Å². The molecule has 0 bridgehead atoms. The summed E-state index contributed by atoms with van der Waals surface area (Å²) in [6, 6.07) is 0. The molecule has 0 aliphatic rings. The number of nitrogens with two attached hydrogens (primary N) is 1. The van der Waals surface area contributed by atoms with Gasteiger partial charge in [0.2, 0.25) is 5.91 Å². The van der Waals surface area contributed by atoms with Crippen molar-refractivity contribution in [1.82, 2.24) is 10.8 Å². The number of rotatable bonds is 11. The van der Waals surface area contributed by atoms with Crippen LogP contribution in [0.25, 0.3) is 0 Å². The van der Waals surface area contributed by atoms with Crippen molar-refractivity contribution in [2.45, 2.75) is 63.8 Å². The zero-order chi connectivity index (χ0) is 15.4. The Morgan fingerprint density at radius 2 is 1.85 bits per heavy atom. The molecule has 0 fully saturated rings. The van der Waals surface area contributed by atoms with E-state index in [1.165, 1.54) is 0 Å². The van der Waals surface area contributed by atoms with Crippen LogP contribution in [0.2, 0.25) is 0 Å². The number of unbranched alkanes of at least 4 members (excludes halogenated alkanes) is 3. The van der Waals surface area contributed by atoms with Gasteiger partial charge >= 0.3 is 0 Å². The Morgan fingerprint density at radius 1 is 1.20 bits per heavy atom. The van der Waals surface area contributed by atoms with Gasteiger partial charge in [-0.3, -0.25) is 14.8 Å². The molecule has 0 rings (SSSR count). The van der Waals surface area contributed by atoms with Crippen LogP contribution in [0.5, 0.6) is 0 Å². The Hall–Kier alpha value is -1.14. The first kappa shape index (κ1) is 18.9. The number of hydrogen-bond donors (Lipinski definition) is 4. The predicted octanol–water partition coefficient (Wildman–Crippen LogP) is 1.28. The van der Waals surface area contributed by atoms with Crippen molar-refractivity contribution in [2.24, 2.45) is 5.73 Å². The molecule has 0 aromatic carbocycles. The summed E-state index contributed by atoms with van der Waals surface area (Å²) in [6.45, 7) is 6.10. The van der Waals surface area contributed by atoms with Crippen LogP contribution in [0.4, 0.5) is 0 Å². The monoisotopic (exact) mass is 286 g/mol. The summed E-state index contributed by atoms with van der Waals surface area (Å²) >= 11 is 0. The fourth-order valence-corrected chi connectivity index (χ4v) is 2.17. The standard InChI is InChI=1S/C14H28N3O3/c1-3-5-9-14(13(19)17-20,16-12(18)4-2)10-7-6-8-11-15/h20H,1,3-11,15H2,2H3,(H,16,18)(H,17,19). The predicted molar refractivity (Wildman–Crippen MR) is 77.8 cm³/mol. The average molecular weight is 286 g/mol. The first-order valence-electron chi connectivity index (χ1n) is 7.31. The summed E-state index contributed by atoms with van der Waals surface area (Å²) in [4.78, 5) is 23.7. The fourth-order valence-electron chi connectivity index (χ4n) is 2.17. The molecule has 0 aliphatic heterocycles. The molecule has 1 radical (unpaired) electrons. The van der Waals surface area contributed by atoms with Gasteiger partial charge in [0.15, 0.2) is 0 Å². The SMILES string of the molecule is [CH2]CCCC(CCCCCN)(NC(=O)CC)C(=O)NO. The fraction of sp³-hybridized carbons (Fsp3) is 0.786. The van der Waals surface area contributed by atoms with E-state index < -0.39 is 11.4 Å². The highest BCUT2D eigenvalue weighted by Gasteiger charge is 2.38. The first-order chi connectivity index (χ1) is 9.56. The van der Waals surface area contributed by atoms with Crippen molar-refractivity contribution in [3.63, 3.8) is 0 Å². The van der Waals surface area contributed by atoms with E-state index in [-0.39, 0.29) is 5.91 Å². The maximum atomic E-state index is 12.0. The largest absolute Gasteiger partial charge is 0.342 e. The third-order valence-corrected chi connectivity index (χ3v) is 3.40. The van der Waals surface area contributed by atoms with Crippen LogP contribution in [-0.4, -0.2) is 29.1 Å². The minimum absolute atomic E-state index is 0.198. The lowest BCUT2D eigenvalue weighted by atomic mass is 9.85. The molecule has 20 heavy (non-hydrogen) atoms. The van der Waals surface area contributed by atoms with Gasteiger partial charge in [-0.25, -0.2) is 5.48 Å². The molecule has 0 aromatic rings. The van der Waals surface area contributed by atoms with Crippen LogP contribution in [0, 0.1) is 6.92 Å². The second kappa shape index (κ2) is 10.6. The number of amides is 2. The van der Waals surface area contributed by atoms with Crippen molar-refractivity contribution >= 4 is 11.8 Å². The zero-order valence-corrected chi connectivity index (χ0v) is 12.4. The minimum atomic E-state index is -1.05. The quantitative estimate of drug-likeness (QED) is 0.261. The first-order valence-corrected chi connectivity index (χ1v) is 7.31.